The van der Waals surface area contributed by atoms with E-state index in [2.05, 4.69) is 52.5 Å². The van der Waals surface area contributed by atoms with Gasteiger partial charge in [0.2, 0.25) is 0 Å². The maximum Gasteiger partial charge on any atom is 0.114 e. The summed E-state index contributed by atoms with van der Waals surface area (Å²) in [6, 6.07) is 0. The molecule has 1 unspecified atom stereocenters. The molecule has 1 aliphatic carbocycles. The van der Waals surface area contributed by atoms with Crippen molar-refractivity contribution in [1.29, 1.82) is 0 Å². The van der Waals surface area contributed by atoms with E-state index in [1.807, 2.05) is 6.08 Å². The number of hydroxylamine groups is 2. The Morgan fingerprint density at radius 1 is 1.18 bits per heavy atom. The summed E-state index contributed by atoms with van der Waals surface area (Å²) in [4.78, 5) is 2.59. The molecule has 2 aliphatic rings. The Morgan fingerprint density at radius 2 is 1.79 bits per heavy atom. The zero-order valence-electron chi connectivity index (χ0n) is 19.2. The Kier molecular flexibility index (Phi) is 8.18. The SMILES string of the molecule is CCN(CCCCC(C)/C=C/C(O)=C1CC1)CC1CC(C)(C)N(O)C(C)(C)C1. The van der Waals surface area contributed by atoms with Crippen molar-refractivity contribution in [2.45, 2.75) is 97.6 Å². The average Bonchev–Trinajstić information content (AvgIpc) is 3.44. The molecule has 0 aromatic heterocycles. The Hall–Kier alpha value is -0.840. The lowest BCUT2D eigenvalue weighted by molar-refractivity contribution is -0.251. The zero-order chi connectivity index (χ0) is 20.9. The summed E-state index contributed by atoms with van der Waals surface area (Å²) in [5.41, 5.74) is 0.893. The van der Waals surface area contributed by atoms with Gasteiger partial charge in [0.05, 0.1) is 0 Å². The maximum absolute atomic E-state index is 10.5. The van der Waals surface area contributed by atoms with Crippen LogP contribution in [0.2, 0.25) is 0 Å². The Morgan fingerprint density at radius 3 is 2.32 bits per heavy atom. The summed E-state index contributed by atoms with van der Waals surface area (Å²) in [5.74, 6) is 1.66. The fraction of sp³-hybridized carbons (Fsp3) is 0.833. The third kappa shape index (κ3) is 6.89. The molecule has 0 spiro atoms. The van der Waals surface area contributed by atoms with Crippen molar-refractivity contribution in [1.82, 2.24) is 9.96 Å². The summed E-state index contributed by atoms with van der Waals surface area (Å²) >= 11 is 0. The molecule has 1 aliphatic heterocycles. The number of hydrogen-bond donors (Lipinski definition) is 2. The molecule has 4 heteroatoms. The van der Waals surface area contributed by atoms with Gasteiger partial charge < -0.3 is 15.2 Å². The van der Waals surface area contributed by atoms with Crippen LogP contribution in [0.3, 0.4) is 0 Å². The summed E-state index contributed by atoms with van der Waals surface area (Å²) < 4.78 is 0. The lowest BCUT2D eigenvalue weighted by atomic mass is 9.75. The lowest BCUT2D eigenvalue weighted by Gasteiger charge is -2.52. The van der Waals surface area contributed by atoms with Crippen LogP contribution < -0.4 is 0 Å². The number of nitrogens with zero attached hydrogens (tertiary/aromatic N) is 2. The molecule has 28 heavy (non-hydrogen) atoms. The smallest absolute Gasteiger partial charge is 0.114 e. The summed E-state index contributed by atoms with van der Waals surface area (Å²) in [7, 11) is 0. The number of hydrogen-bond acceptors (Lipinski definition) is 4. The minimum absolute atomic E-state index is 0.158. The standard InChI is InChI=1S/C24H44N2O2/c1-7-25(18-20-16-23(3,4)26(28)24(5,6)17-20)15-9-8-10-19(2)11-14-22(27)21-12-13-21/h11,14,19-20,27-28H,7-10,12-13,15-18H2,1-6H3/b14-11+. The molecule has 1 atom stereocenters. The zero-order valence-corrected chi connectivity index (χ0v) is 19.2. The highest BCUT2D eigenvalue weighted by atomic mass is 16.5. The largest absolute Gasteiger partial charge is 0.508 e. The van der Waals surface area contributed by atoms with Crippen LogP contribution in [-0.4, -0.2) is 51.0 Å². The van der Waals surface area contributed by atoms with Gasteiger partial charge >= 0.3 is 0 Å². The van der Waals surface area contributed by atoms with Gasteiger partial charge in [0.15, 0.2) is 0 Å². The van der Waals surface area contributed by atoms with Crippen LogP contribution in [0.4, 0.5) is 0 Å². The van der Waals surface area contributed by atoms with Gasteiger partial charge in [0.25, 0.3) is 0 Å². The van der Waals surface area contributed by atoms with E-state index < -0.39 is 0 Å². The number of piperidine rings is 1. The summed E-state index contributed by atoms with van der Waals surface area (Å²) in [6.45, 7) is 16.5. The van der Waals surface area contributed by atoms with Gasteiger partial charge in [-0.1, -0.05) is 26.3 Å². The molecule has 0 aromatic carbocycles. The Balaban J connectivity index is 1.71. The first-order valence-corrected chi connectivity index (χ1v) is 11.4. The number of aliphatic hydroxyl groups excluding tert-OH is 1. The summed E-state index contributed by atoms with van der Waals surface area (Å²) in [5, 5.41) is 21.9. The third-order valence-electron chi connectivity index (χ3n) is 6.52. The van der Waals surface area contributed by atoms with E-state index in [9.17, 15) is 10.3 Å². The highest BCUT2D eigenvalue weighted by Gasteiger charge is 2.45. The number of rotatable bonds is 10. The molecular weight excluding hydrogens is 348 g/mol. The van der Waals surface area contributed by atoms with Crippen molar-refractivity contribution in [2.75, 3.05) is 19.6 Å². The molecule has 0 amide bonds. The van der Waals surface area contributed by atoms with Gasteiger partial charge in [0, 0.05) is 17.6 Å². The highest BCUT2D eigenvalue weighted by molar-refractivity contribution is 5.27. The minimum atomic E-state index is -0.158. The number of aliphatic hydroxyl groups is 1. The van der Waals surface area contributed by atoms with Crippen molar-refractivity contribution in [3.63, 3.8) is 0 Å². The van der Waals surface area contributed by atoms with Crippen LogP contribution in [0.15, 0.2) is 23.5 Å². The molecule has 2 fully saturated rings. The van der Waals surface area contributed by atoms with E-state index in [4.69, 9.17) is 0 Å². The maximum atomic E-state index is 10.5. The molecule has 1 heterocycles. The van der Waals surface area contributed by atoms with Crippen molar-refractivity contribution >= 4 is 0 Å². The molecule has 0 radical (unpaired) electrons. The first kappa shape index (κ1) is 23.4. The van der Waals surface area contributed by atoms with E-state index in [0.717, 1.165) is 45.3 Å². The van der Waals surface area contributed by atoms with Crippen molar-refractivity contribution < 1.29 is 10.3 Å². The second-order valence-electron chi connectivity index (χ2n) is 10.4. The number of allylic oxidation sites excluding steroid dienone is 3. The topological polar surface area (TPSA) is 46.9 Å². The Bertz CT molecular complexity index is 541. The number of unbranched alkanes of at least 4 members (excludes halogenated alkanes) is 1. The van der Waals surface area contributed by atoms with Crippen LogP contribution in [0.5, 0.6) is 0 Å². The lowest BCUT2D eigenvalue weighted by Crippen LogP contribution is -2.60. The molecule has 1 saturated carbocycles. The molecule has 2 rings (SSSR count). The molecule has 0 bridgehead atoms. The highest BCUT2D eigenvalue weighted by Crippen LogP contribution is 2.40. The van der Waals surface area contributed by atoms with E-state index in [1.165, 1.54) is 24.8 Å². The monoisotopic (exact) mass is 392 g/mol. The third-order valence-corrected chi connectivity index (χ3v) is 6.52. The minimum Gasteiger partial charge on any atom is -0.508 e. The molecule has 0 aromatic rings. The first-order chi connectivity index (χ1) is 13.0. The average molecular weight is 393 g/mol. The molecule has 2 N–H and O–H groups in total. The van der Waals surface area contributed by atoms with Crippen LogP contribution in [0, 0.1) is 11.8 Å². The van der Waals surface area contributed by atoms with Gasteiger partial charge in [-0.3, -0.25) is 0 Å². The van der Waals surface area contributed by atoms with Gasteiger partial charge in [-0.25, -0.2) is 0 Å². The molecular formula is C24H44N2O2. The van der Waals surface area contributed by atoms with E-state index >= 15 is 0 Å². The van der Waals surface area contributed by atoms with Gasteiger partial charge in [-0.2, -0.15) is 5.06 Å². The predicted molar refractivity (Wildman–Crippen MR) is 118 cm³/mol. The van der Waals surface area contributed by atoms with Gasteiger partial charge in [-0.15, -0.1) is 0 Å². The van der Waals surface area contributed by atoms with Crippen molar-refractivity contribution in [3.05, 3.63) is 23.5 Å². The van der Waals surface area contributed by atoms with E-state index in [0.29, 0.717) is 17.6 Å². The van der Waals surface area contributed by atoms with Crippen LogP contribution >= 0.6 is 0 Å². The van der Waals surface area contributed by atoms with Crippen LogP contribution in [0.1, 0.15) is 86.5 Å². The fourth-order valence-corrected chi connectivity index (χ4v) is 4.94. The first-order valence-electron chi connectivity index (χ1n) is 11.4. The second-order valence-corrected chi connectivity index (χ2v) is 10.4. The van der Waals surface area contributed by atoms with Crippen LogP contribution in [-0.2, 0) is 0 Å². The molecule has 1 saturated heterocycles. The van der Waals surface area contributed by atoms with Gasteiger partial charge in [0.1, 0.15) is 5.76 Å². The van der Waals surface area contributed by atoms with Crippen LogP contribution in [0.25, 0.3) is 0 Å². The molecule has 4 nitrogen and oxygen atoms in total. The molecule has 162 valence electrons. The van der Waals surface area contributed by atoms with Crippen molar-refractivity contribution in [2.24, 2.45) is 11.8 Å². The second kappa shape index (κ2) is 9.77. The normalized spacial score (nSPS) is 23.5. The van der Waals surface area contributed by atoms with Crippen molar-refractivity contribution in [3.8, 4) is 0 Å². The predicted octanol–water partition coefficient (Wildman–Crippen LogP) is 5.94. The van der Waals surface area contributed by atoms with E-state index in [1.54, 1.807) is 5.06 Å². The van der Waals surface area contributed by atoms with E-state index in [-0.39, 0.29) is 11.1 Å². The Labute approximate surface area is 173 Å². The fourth-order valence-electron chi connectivity index (χ4n) is 4.94. The summed E-state index contributed by atoms with van der Waals surface area (Å²) in [6.07, 6.45) is 11.9. The quantitative estimate of drug-likeness (QED) is 0.357. The van der Waals surface area contributed by atoms with Gasteiger partial charge in [-0.05, 0) is 103 Å².